The minimum absolute atomic E-state index is 0.0865. The molecule has 0 spiro atoms. The van der Waals surface area contributed by atoms with E-state index in [2.05, 4.69) is 13.5 Å². The van der Waals surface area contributed by atoms with Crippen LogP contribution in [0, 0.1) is 5.92 Å². The Kier molecular flexibility index (Phi) is 16.4. The Labute approximate surface area is 173 Å². The van der Waals surface area contributed by atoms with Gasteiger partial charge in [-0.15, -0.1) is 0 Å². The first-order valence-electron chi connectivity index (χ1n) is 11.2. The molecule has 0 aromatic rings. The summed E-state index contributed by atoms with van der Waals surface area (Å²) in [6.45, 7) is 15.1. The maximum Gasteiger partial charge on any atom is 0.330 e. The van der Waals surface area contributed by atoms with Crippen LogP contribution in [0.2, 0.25) is 0 Å². The summed E-state index contributed by atoms with van der Waals surface area (Å²) in [7, 11) is 0. The van der Waals surface area contributed by atoms with E-state index in [1.165, 1.54) is 38.2 Å². The fraction of sp³-hybridized carbons (Fsp3) is 0.870. The summed E-state index contributed by atoms with van der Waals surface area (Å²) in [5.74, 6) is -1.32. The number of ether oxygens (including phenoxy) is 4. The minimum atomic E-state index is -1.02. The van der Waals surface area contributed by atoms with Crippen LogP contribution >= 0.6 is 0 Å². The van der Waals surface area contributed by atoms with E-state index in [-0.39, 0.29) is 18.0 Å². The first-order valence-corrected chi connectivity index (χ1v) is 11.2. The second-order valence-electron chi connectivity index (χ2n) is 7.18. The van der Waals surface area contributed by atoms with E-state index in [4.69, 9.17) is 18.9 Å². The van der Waals surface area contributed by atoms with Crippen LogP contribution in [0.4, 0.5) is 0 Å². The van der Waals surface area contributed by atoms with Crippen LogP contribution in [0.15, 0.2) is 12.7 Å². The van der Waals surface area contributed by atoms with Crippen molar-refractivity contribution >= 4 is 5.97 Å². The van der Waals surface area contributed by atoms with Crippen molar-refractivity contribution < 1.29 is 23.7 Å². The van der Waals surface area contributed by atoms with Crippen LogP contribution in [0.25, 0.3) is 0 Å². The molecule has 0 heterocycles. The lowest BCUT2D eigenvalue weighted by Crippen LogP contribution is -2.47. The lowest BCUT2D eigenvalue weighted by atomic mass is 9.91. The highest BCUT2D eigenvalue weighted by Crippen LogP contribution is 2.34. The third-order valence-corrected chi connectivity index (χ3v) is 4.85. The van der Waals surface area contributed by atoms with Crippen molar-refractivity contribution in [2.75, 3.05) is 19.8 Å². The number of unbranched alkanes of at least 4 members (excludes halogenated alkanes) is 5. The van der Waals surface area contributed by atoms with Gasteiger partial charge >= 0.3 is 5.97 Å². The number of hydrogen-bond acceptors (Lipinski definition) is 5. The fourth-order valence-electron chi connectivity index (χ4n) is 3.49. The third-order valence-electron chi connectivity index (χ3n) is 4.85. The Morgan fingerprint density at radius 1 is 0.857 bits per heavy atom. The standard InChI is InChI=1S/C23H44O5/c1-7-12-13-14-15-16-17-21(19-18-20(6)28-22(24)8-2)23(25-9-3,26-10-4)27-11-5/h8,20-21H,2,7,9-19H2,1,3-6H3. The number of carbonyl (C=O) groups is 1. The summed E-state index contributed by atoms with van der Waals surface area (Å²) in [6.07, 6.45) is 11.0. The maximum absolute atomic E-state index is 11.5. The van der Waals surface area contributed by atoms with Crippen molar-refractivity contribution in [3.05, 3.63) is 12.7 Å². The van der Waals surface area contributed by atoms with Gasteiger partial charge in [0, 0.05) is 31.8 Å². The molecule has 2 atom stereocenters. The molecule has 28 heavy (non-hydrogen) atoms. The molecule has 0 aromatic heterocycles. The molecular weight excluding hydrogens is 356 g/mol. The average molecular weight is 401 g/mol. The normalized spacial score (nSPS) is 13.9. The predicted octanol–water partition coefficient (Wildman–Crippen LogP) is 6.01. The Morgan fingerprint density at radius 2 is 1.39 bits per heavy atom. The SMILES string of the molecule is C=CC(=O)OC(C)CCC(CCCCCCCC)C(OCC)(OCC)OCC. The van der Waals surface area contributed by atoms with Crippen molar-refractivity contribution in [2.24, 2.45) is 5.92 Å². The Balaban J connectivity index is 5.03. The molecule has 0 fully saturated rings. The molecule has 0 aliphatic carbocycles. The van der Waals surface area contributed by atoms with Gasteiger partial charge in [-0.1, -0.05) is 52.0 Å². The van der Waals surface area contributed by atoms with E-state index in [1.54, 1.807) is 0 Å². The molecule has 0 radical (unpaired) electrons. The smallest absolute Gasteiger partial charge is 0.330 e. The van der Waals surface area contributed by atoms with Crippen molar-refractivity contribution in [3.63, 3.8) is 0 Å². The molecule has 0 saturated carbocycles. The first-order chi connectivity index (χ1) is 13.5. The van der Waals surface area contributed by atoms with Gasteiger partial charge in [0.25, 0.3) is 5.97 Å². The van der Waals surface area contributed by atoms with Crippen LogP contribution in [-0.2, 0) is 23.7 Å². The second kappa shape index (κ2) is 17.0. The van der Waals surface area contributed by atoms with Gasteiger partial charge < -0.3 is 18.9 Å². The van der Waals surface area contributed by atoms with Crippen LogP contribution < -0.4 is 0 Å². The van der Waals surface area contributed by atoms with Gasteiger partial charge in [0.05, 0.1) is 6.10 Å². The van der Waals surface area contributed by atoms with Gasteiger partial charge in [-0.05, 0) is 47.0 Å². The lowest BCUT2D eigenvalue weighted by Gasteiger charge is -2.39. The van der Waals surface area contributed by atoms with Crippen LogP contribution in [0.5, 0.6) is 0 Å². The quantitative estimate of drug-likeness (QED) is 0.115. The van der Waals surface area contributed by atoms with Crippen molar-refractivity contribution in [1.29, 1.82) is 0 Å². The van der Waals surface area contributed by atoms with Crippen molar-refractivity contribution in [3.8, 4) is 0 Å². The monoisotopic (exact) mass is 400 g/mol. The Bertz CT molecular complexity index is 379. The average Bonchev–Trinajstić information content (AvgIpc) is 2.67. The Morgan fingerprint density at radius 3 is 1.89 bits per heavy atom. The molecular formula is C23H44O5. The van der Waals surface area contributed by atoms with Crippen molar-refractivity contribution in [2.45, 2.75) is 104 Å². The van der Waals surface area contributed by atoms with E-state index in [0.717, 1.165) is 25.7 Å². The first kappa shape index (κ1) is 27.1. The van der Waals surface area contributed by atoms with E-state index in [0.29, 0.717) is 19.8 Å². The summed E-state index contributed by atoms with van der Waals surface area (Å²) in [5, 5.41) is 0. The molecule has 0 aromatic carbocycles. The molecule has 0 amide bonds. The van der Waals surface area contributed by atoms with Gasteiger partial charge in [-0.25, -0.2) is 4.79 Å². The summed E-state index contributed by atoms with van der Waals surface area (Å²) in [4.78, 5) is 11.5. The van der Waals surface area contributed by atoms with Crippen molar-refractivity contribution in [1.82, 2.24) is 0 Å². The lowest BCUT2D eigenvalue weighted by molar-refractivity contribution is -0.403. The number of hydrogen-bond donors (Lipinski definition) is 0. The molecule has 0 N–H and O–H groups in total. The topological polar surface area (TPSA) is 54.0 Å². The molecule has 166 valence electrons. The summed E-state index contributed by atoms with van der Waals surface area (Å²) in [6, 6.07) is 0. The zero-order valence-electron chi connectivity index (χ0n) is 19.0. The van der Waals surface area contributed by atoms with E-state index in [9.17, 15) is 4.79 Å². The maximum atomic E-state index is 11.5. The minimum Gasteiger partial charge on any atom is -0.460 e. The number of esters is 1. The van der Waals surface area contributed by atoms with Crippen LogP contribution in [0.3, 0.4) is 0 Å². The van der Waals surface area contributed by atoms with Crippen LogP contribution in [-0.4, -0.2) is 37.9 Å². The number of rotatable bonds is 19. The zero-order chi connectivity index (χ0) is 21.3. The molecule has 0 rings (SSSR count). The Hall–Kier alpha value is -0.910. The molecule has 0 aliphatic rings. The fourth-order valence-corrected chi connectivity index (χ4v) is 3.49. The van der Waals surface area contributed by atoms with Gasteiger partial charge in [-0.2, -0.15) is 0 Å². The largest absolute Gasteiger partial charge is 0.460 e. The molecule has 0 bridgehead atoms. The highest BCUT2D eigenvalue weighted by Gasteiger charge is 2.41. The zero-order valence-corrected chi connectivity index (χ0v) is 19.0. The highest BCUT2D eigenvalue weighted by atomic mass is 16.9. The molecule has 2 unspecified atom stereocenters. The van der Waals surface area contributed by atoms with Crippen LogP contribution in [0.1, 0.15) is 92.4 Å². The number of carbonyl (C=O) groups excluding carboxylic acids is 1. The highest BCUT2D eigenvalue weighted by molar-refractivity contribution is 5.81. The van der Waals surface area contributed by atoms with Gasteiger partial charge in [0.15, 0.2) is 0 Å². The summed E-state index contributed by atoms with van der Waals surface area (Å²) in [5.41, 5.74) is 0. The van der Waals surface area contributed by atoms with E-state index in [1.807, 2.05) is 27.7 Å². The summed E-state index contributed by atoms with van der Waals surface area (Å²) >= 11 is 0. The van der Waals surface area contributed by atoms with Gasteiger partial charge in [0.1, 0.15) is 0 Å². The van der Waals surface area contributed by atoms with E-state index >= 15 is 0 Å². The predicted molar refractivity (Wildman–Crippen MR) is 114 cm³/mol. The van der Waals surface area contributed by atoms with Gasteiger partial charge in [0.2, 0.25) is 0 Å². The van der Waals surface area contributed by atoms with Gasteiger partial charge in [-0.3, -0.25) is 0 Å². The molecule has 5 heteroatoms. The molecule has 5 nitrogen and oxygen atoms in total. The third kappa shape index (κ3) is 11.2. The second-order valence-corrected chi connectivity index (χ2v) is 7.18. The summed E-state index contributed by atoms with van der Waals surface area (Å²) < 4.78 is 23.4. The molecule has 0 saturated heterocycles. The molecule has 0 aliphatic heterocycles. The van der Waals surface area contributed by atoms with E-state index < -0.39 is 5.97 Å².